The number of hydrogen-bond acceptors (Lipinski definition) is 3. The summed E-state index contributed by atoms with van der Waals surface area (Å²) in [6.45, 7) is 8.10. The Morgan fingerprint density at radius 2 is 2.07 bits per heavy atom. The number of nitrogens with zero attached hydrogens (tertiary/aromatic N) is 1. The fourth-order valence-corrected chi connectivity index (χ4v) is 3.13. The van der Waals surface area contributed by atoms with Gasteiger partial charge in [-0.3, -0.25) is 0 Å². The Morgan fingerprint density at radius 1 is 1.43 bits per heavy atom. The highest BCUT2D eigenvalue weighted by atomic mass is 16.3. The lowest BCUT2D eigenvalue weighted by Crippen LogP contribution is -2.68. The fraction of sp³-hybridized carbons (Fsp3) is 1.00. The average Bonchev–Trinajstić information content (AvgIpc) is 2.18. The van der Waals surface area contributed by atoms with Crippen LogP contribution in [0.25, 0.3) is 0 Å². The van der Waals surface area contributed by atoms with Gasteiger partial charge in [0.15, 0.2) is 0 Å². The summed E-state index contributed by atoms with van der Waals surface area (Å²) in [6.07, 6.45) is 2.50. The molecule has 0 aromatic rings. The molecule has 1 atom stereocenters. The van der Waals surface area contributed by atoms with E-state index in [1.165, 1.54) is 25.9 Å². The molecular formula is C11H22N2O. The van der Waals surface area contributed by atoms with Gasteiger partial charge in [0.1, 0.15) is 0 Å². The molecular weight excluding hydrogens is 176 g/mol. The number of piperidine rings is 3. The number of fused-ring (bicyclic) bond motifs is 3. The minimum absolute atomic E-state index is 0.00926. The van der Waals surface area contributed by atoms with Gasteiger partial charge in [0.25, 0.3) is 0 Å². The van der Waals surface area contributed by atoms with E-state index in [2.05, 4.69) is 24.1 Å². The molecule has 3 nitrogen and oxygen atoms in total. The summed E-state index contributed by atoms with van der Waals surface area (Å²) in [5, 5.41) is 13.2. The predicted octanol–water partition coefficient (Wildman–Crippen LogP) is 0.441. The van der Waals surface area contributed by atoms with Crippen LogP contribution in [0.15, 0.2) is 0 Å². The van der Waals surface area contributed by atoms with Crippen LogP contribution in [0, 0.1) is 5.92 Å². The van der Waals surface area contributed by atoms with Crippen molar-refractivity contribution < 1.29 is 5.11 Å². The highest BCUT2D eigenvalue weighted by molar-refractivity contribution is 5.04. The van der Waals surface area contributed by atoms with Crippen molar-refractivity contribution in [3.63, 3.8) is 0 Å². The summed E-state index contributed by atoms with van der Waals surface area (Å²) in [6, 6.07) is 0.461. The van der Waals surface area contributed by atoms with Gasteiger partial charge in [0.2, 0.25) is 0 Å². The van der Waals surface area contributed by atoms with Crippen LogP contribution in [0.1, 0.15) is 26.7 Å². The third-order valence-electron chi connectivity index (χ3n) is 3.73. The van der Waals surface area contributed by atoms with Crippen molar-refractivity contribution in [1.82, 2.24) is 10.2 Å². The fourth-order valence-electron chi connectivity index (χ4n) is 3.13. The summed E-state index contributed by atoms with van der Waals surface area (Å²) in [5.74, 6) is 0.680. The highest BCUT2D eigenvalue weighted by Crippen LogP contribution is 2.35. The Bertz CT molecular complexity index is 195. The lowest BCUT2D eigenvalue weighted by Gasteiger charge is -2.53. The quantitative estimate of drug-likeness (QED) is 0.691. The van der Waals surface area contributed by atoms with Crippen LogP contribution in [0.4, 0.5) is 0 Å². The molecule has 0 aromatic carbocycles. The van der Waals surface area contributed by atoms with Crippen LogP contribution in [-0.2, 0) is 0 Å². The molecule has 3 heteroatoms. The van der Waals surface area contributed by atoms with Crippen LogP contribution in [0.3, 0.4) is 0 Å². The topological polar surface area (TPSA) is 35.5 Å². The second-order valence-electron chi connectivity index (χ2n) is 5.16. The van der Waals surface area contributed by atoms with Crippen LogP contribution in [0.2, 0.25) is 0 Å². The standard InChI is InChI=1S/C11H22N2O/c1-9(2)12-11(8-14)7-13-5-3-10(11)4-6-13/h9-10,12,14H,3-8H2,1-2H3. The third kappa shape index (κ3) is 1.69. The van der Waals surface area contributed by atoms with Crippen LogP contribution in [-0.4, -0.2) is 47.8 Å². The molecule has 3 saturated heterocycles. The molecule has 0 radical (unpaired) electrons. The van der Waals surface area contributed by atoms with Crippen molar-refractivity contribution >= 4 is 0 Å². The van der Waals surface area contributed by atoms with Crippen molar-refractivity contribution in [2.24, 2.45) is 5.92 Å². The zero-order chi connectivity index (χ0) is 10.2. The van der Waals surface area contributed by atoms with E-state index >= 15 is 0 Å². The van der Waals surface area contributed by atoms with Gasteiger partial charge in [-0.25, -0.2) is 0 Å². The Balaban J connectivity index is 2.11. The monoisotopic (exact) mass is 198 g/mol. The first-order chi connectivity index (χ1) is 6.66. The molecule has 82 valence electrons. The molecule has 3 aliphatic rings. The molecule has 0 aromatic heterocycles. The molecule has 0 saturated carbocycles. The molecule has 1 unspecified atom stereocenters. The summed E-state index contributed by atoms with van der Waals surface area (Å²) in [7, 11) is 0. The maximum atomic E-state index is 9.62. The minimum atomic E-state index is -0.00926. The van der Waals surface area contributed by atoms with Gasteiger partial charge < -0.3 is 15.3 Å². The average molecular weight is 198 g/mol. The van der Waals surface area contributed by atoms with E-state index in [4.69, 9.17) is 0 Å². The first-order valence-electron chi connectivity index (χ1n) is 5.77. The van der Waals surface area contributed by atoms with Crippen molar-refractivity contribution in [1.29, 1.82) is 0 Å². The number of aliphatic hydroxyl groups is 1. The van der Waals surface area contributed by atoms with Gasteiger partial charge in [-0.2, -0.15) is 0 Å². The molecule has 0 amide bonds. The summed E-state index contributed by atoms with van der Waals surface area (Å²) in [5.41, 5.74) is -0.00926. The maximum absolute atomic E-state index is 9.62. The van der Waals surface area contributed by atoms with Gasteiger partial charge in [-0.05, 0) is 31.8 Å². The van der Waals surface area contributed by atoms with E-state index in [0.717, 1.165) is 6.54 Å². The Kier molecular flexibility index (Phi) is 2.82. The second kappa shape index (κ2) is 3.80. The maximum Gasteiger partial charge on any atom is 0.0628 e. The molecule has 3 fully saturated rings. The van der Waals surface area contributed by atoms with Crippen molar-refractivity contribution in [3.05, 3.63) is 0 Å². The zero-order valence-corrected chi connectivity index (χ0v) is 9.29. The summed E-state index contributed by atoms with van der Waals surface area (Å²) >= 11 is 0. The number of aliphatic hydroxyl groups excluding tert-OH is 1. The van der Waals surface area contributed by atoms with E-state index in [0.29, 0.717) is 12.0 Å². The molecule has 3 rings (SSSR count). The van der Waals surface area contributed by atoms with E-state index in [-0.39, 0.29) is 12.1 Å². The highest BCUT2D eigenvalue weighted by Gasteiger charge is 2.46. The Morgan fingerprint density at radius 3 is 2.43 bits per heavy atom. The smallest absolute Gasteiger partial charge is 0.0628 e. The Hall–Kier alpha value is -0.120. The third-order valence-corrected chi connectivity index (χ3v) is 3.73. The number of hydrogen-bond donors (Lipinski definition) is 2. The normalized spacial score (nSPS) is 42.0. The summed E-state index contributed by atoms with van der Waals surface area (Å²) < 4.78 is 0. The number of rotatable bonds is 3. The lowest BCUT2D eigenvalue weighted by molar-refractivity contribution is -0.0293. The van der Waals surface area contributed by atoms with Gasteiger partial charge in [0.05, 0.1) is 12.1 Å². The molecule has 14 heavy (non-hydrogen) atoms. The van der Waals surface area contributed by atoms with Gasteiger partial charge in [-0.1, -0.05) is 13.8 Å². The Labute approximate surface area is 86.5 Å². The molecule has 3 aliphatic heterocycles. The summed E-state index contributed by atoms with van der Waals surface area (Å²) in [4.78, 5) is 2.48. The minimum Gasteiger partial charge on any atom is -0.394 e. The van der Waals surface area contributed by atoms with Gasteiger partial charge in [-0.15, -0.1) is 0 Å². The van der Waals surface area contributed by atoms with Crippen molar-refractivity contribution in [2.75, 3.05) is 26.2 Å². The predicted molar refractivity (Wildman–Crippen MR) is 57.3 cm³/mol. The lowest BCUT2D eigenvalue weighted by atomic mass is 9.73. The van der Waals surface area contributed by atoms with Crippen molar-refractivity contribution in [3.8, 4) is 0 Å². The van der Waals surface area contributed by atoms with Crippen molar-refractivity contribution in [2.45, 2.75) is 38.3 Å². The van der Waals surface area contributed by atoms with Gasteiger partial charge >= 0.3 is 0 Å². The SMILES string of the molecule is CC(C)NC1(CO)CN2CCC1CC2. The van der Waals surface area contributed by atoms with E-state index in [1.807, 2.05) is 0 Å². The number of nitrogens with one attached hydrogen (secondary N) is 1. The van der Waals surface area contributed by atoms with Crippen LogP contribution in [0.5, 0.6) is 0 Å². The van der Waals surface area contributed by atoms with Gasteiger partial charge in [0, 0.05) is 12.6 Å². The second-order valence-corrected chi connectivity index (χ2v) is 5.16. The van der Waals surface area contributed by atoms with Crippen LogP contribution >= 0.6 is 0 Å². The molecule has 2 N–H and O–H groups in total. The zero-order valence-electron chi connectivity index (χ0n) is 9.29. The van der Waals surface area contributed by atoms with E-state index in [9.17, 15) is 5.11 Å². The van der Waals surface area contributed by atoms with E-state index in [1.54, 1.807) is 0 Å². The first-order valence-corrected chi connectivity index (χ1v) is 5.77. The molecule has 3 heterocycles. The first kappa shape index (κ1) is 10.4. The van der Waals surface area contributed by atoms with E-state index < -0.39 is 0 Å². The molecule has 0 aliphatic carbocycles. The molecule has 0 spiro atoms. The largest absolute Gasteiger partial charge is 0.394 e. The molecule has 2 bridgehead atoms. The van der Waals surface area contributed by atoms with Crippen LogP contribution < -0.4 is 5.32 Å².